The fraction of sp³-hybridized carbons (Fsp3) is 0.583. The fourth-order valence-corrected chi connectivity index (χ4v) is 1.24. The number of ether oxygens (including phenoxy) is 1. The van der Waals surface area contributed by atoms with Crippen molar-refractivity contribution in [2.75, 3.05) is 26.0 Å². The molecule has 1 N–H and O–H groups in total. The van der Waals surface area contributed by atoms with E-state index in [1.54, 1.807) is 31.3 Å². The summed E-state index contributed by atoms with van der Waals surface area (Å²) in [4.78, 5) is 21.2. The zero-order valence-electron chi connectivity index (χ0n) is 11.3. The Morgan fingerprint density at radius 3 is 2.83 bits per heavy atom. The molecular formula is C12H20N4O2. The van der Waals surface area contributed by atoms with Crippen LogP contribution in [0.15, 0.2) is 12.3 Å². The summed E-state index contributed by atoms with van der Waals surface area (Å²) in [5, 5.41) is 2.99. The third-order valence-electron chi connectivity index (χ3n) is 2.11. The van der Waals surface area contributed by atoms with Crippen molar-refractivity contribution in [1.82, 2.24) is 14.9 Å². The molecule has 0 radical (unpaired) electrons. The molecule has 100 valence electrons. The zero-order chi connectivity index (χ0) is 13.5. The highest BCUT2D eigenvalue weighted by molar-refractivity contribution is 5.75. The van der Waals surface area contributed by atoms with E-state index in [4.69, 9.17) is 4.74 Å². The Hall–Kier alpha value is -1.85. The minimum Gasteiger partial charge on any atom is -0.475 e. The number of aromatic nitrogens is 2. The van der Waals surface area contributed by atoms with E-state index in [0.717, 1.165) is 0 Å². The molecule has 0 aliphatic rings. The second kappa shape index (κ2) is 6.78. The number of nitrogens with zero attached hydrogens (tertiary/aromatic N) is 3. The van der Waals surface area contributed by atoms with Gasteiger partial charge in [-0.1, -0.05) is 0 Å². The SMILES string of the molecule is CC(C)Oc1ccnc(NCCC(=O)N(C)C)n1. The van der Waals surface area contributed by atoms with E-state index in [2.05, 4.69) is 15.3 Å². The van der Waals surface area contributed by atoms with E-state index in [0.29, 0.717) is 24.8 Å². The second-order valence-electron chi connectivity index (χ2n) is 4.35. The number of amides is 1. The predicted octanol–water partition coefficient (Wildman–Crippen LogP) is 1.15. The van der Waals surface area contributed by atoms with Gasteiger partial charge in [-0.05, 0) is 13.8 Å². The van der Waals surface area contributed by atoms with Gasteiger partial charge in [0.2, 0.25) is 17.7 Å². The van der Waals surface area contributed by atoms with Crippen LogP contribution in [0.25, 0.3) is 0 Å². The average Bonchev–Trinajstić information content (AvgIpc) is 2.28. The molecule has 0 saturated heterocycles. The third-order valence-corrected chi connectivity index (χ3v) is 2.11. The van der Waals surface area contributed by atoms with Crippen molar-refractivity contribution in [3.63, 3.8) is 0 Å². The monoisotopic (exact) mass is 252 g/mol. The van der Waals surface area contributed by atoms with Crippen molar-refractivity contribution in [1.29, 1.82) is 0 Å². The molecule has 0 unspecified atom stereocenters. The first kappa shape index (κ1) is 14.2. The highest BCUT2D eigenvalue weighted by atomic mass is 16.5. The Kier molecular flexibility index (Phi) is 5.35. The number of carbonyl (C=O) groups excluding carboxylic acids is 1. The van der Waals surface area contributed by atoms with Crippen molar-refractivity contribution in [3.8, 4) is 5.88 Å². The molecule has 0 aliphatic heterocycles. The van der Waals surface area contributed by atoms with Gasteiger partial charge in [-0.15, -0.1) is 0 Å². The summed E-state index contributed by atoms with van der Waals surface area (Å²) in [6.07, 6.45) is 2.11. The van der Waals surface area contributed by atoms with Crippen molar-refractivity contribution < 1.29 is 9.53 Å². The Bertz CT molecular complexity index is 393. The van der Waals surface area contributed by atoms with Crippen LogP contribution in [0.3, 0.4) is 0 Å². The van der Waals surface area contributed by atoms with Crippen LogP contribution in [0.4, 0.5) is 5.95 Å². The summed E-state index contributed by atoms with van der Waals surface area (Å²) in [5.74, 6) is 1.07. The van der Waals surface area contributed by atoms with Crippen LogP contribution in [0.2, 0.25) is 0 Å². The summed E-state index contributed by atoms with van der Waals surface area (Å²) < 4.78 is 5.45. The molecule has 0 saturated carbocycles. The first-order valence-electron chi connectivity index (χ1n) is 5.92. The number of anilines is 1. The number of nitrogens with one attached hydrogen (secondary N) is 1. The number of carbonyl (C=O) groups is 1. The van der Waals surface area contributed by atoms with E-state index < -0.39 is 0 Å². The molecule has 0 bridgehead atoms. The minimum atomic E-state index is 0.0667. The van der Waals surface area contributed by atoms with E-state index in [-0.39, 0.29) is 12.0 Å². The molecule has 0 fully saturated rings. The Labute approximate surface area is 107 Å². The van der Waals surface area contributed by atoms with Crippen LogP contribution in [-0.4, -0.2) is 47.5 Å². The van der Waals surface area contributed by atoms with Crippen LogP contribution in [0.1, 0.15) is 20.3 Å². The molecule has 1 aromatic heterocycles. The molecule has 6 nitrogen and oxygen atoms in total. The van der Waals surface area contributed by atoms with Crippen molar-refractivity contribution in [3.05, 3.63) is 12.3 Å². The summed E-state index contributed by atoms with van der Waals surface area (Å²) in [5.41, 5.74) is 0. The molecule has 1 rings (SSSR count). The smallest absolute Gasteiger partial charge is 0.225 e. The maximum absolute atomic E-state index is 11.4. The number of rotatable bonds is 6. The molecule has 0 aromatic carbocycles. The van der Waals surface area contributed by atoms with Crippen molar-refractivity contribution in [2.24, 2.45) is 0 Å². The topological polar surface area (TPSA) is 67.3 Å². The van der Waals surface area contributed by atoms with E-state index in [1.807, 2.05) is 13.8 Å². The van der Waals surface area contributed by atoms with Crippen molar-refractivity contribution in [2.45, 2.75) is 26.4 Å². The predicted molar refractivity (Wildman–Crippen MR) is 69.6 cm³/mol. The van der Waals surface area contributed by atoms with Gasteiger partial charge in [0.05, 0.1) is 6.10 Å². The van der Waals surface area contributed by atoms with Crippen LogP contribution >= 0.6 is 0 Å². The Morgan fingerprint density at radius 1 is 1.50 bits per heavy atom. The summed E-state index contributed by atoms with van der Waals surface area (Å²) in [7, 11) is 3.46. The molecule has 1 heterocycles. The molecule has 0 spiro atoms. The van der Waals surface area contributed by atoms with Crippen LogP contribution < -0.4 is 10.1 Å². The molecule has 0 aliphatic carbocycles. The van der Waals surface area contributed by atoms with E-state index in [1.165, 1.54) is 0 Å². The van der Waals surface area contributed by atoms with Gasteiger partial charge in [-0.3, -0.25) is 4.79 Å². The van der Waals surface area contributed by atoms with Crippen molar-refractivity contribution >= 4 is 11.9 Å². The standard InChI is InChI=1S/C12H20N4O2/c1-9(2)18-10-5-7-13-12(15-10)14-8-6-11(17)16(3)4/h5,7,9H,6,8H2,1-4H3,(H,13,14,15). The molecule has 1 aromatic rings. The van der Waals surface area contributed by atoms with E-state index >= 15 is 0 Å². The van der Waals surface area contributed by atoms with Gasteiger partial charge in [0, 0.05) is 39.3 Å². The molecule has 18 heavy (non-hydrogen) atoms. The van der Waals surface area contributed by atoms with Crippen LogP contribution in [0.5, 0.6) is 5.88 Å². The Balaban J connectivity index is 2.45. The lowest BCUT2D eigenvalue weighted by Crippen LogP contribution is -2.24. The van der Waals surface area contributed by atoms with Crippen LogP contribution in [0, 0.1) is 0 Å². The number of hydrogen-bond acceptors (Lipinski definition) is 5. The highest BCUT2D eigenvalue weighted by Crippen LogP contribution is 2.10. The van der Waals surface area contributed by atoms with Gasteiger partial charge < -0.3 is 15.0 Å². The first-order chi connectivity index (χ1) is 8.49. The average molecular weight is 252 g/mol. The zero-order valence-corrected chi connectivity index (χ0v) is 11.3. The lowest BCUT2D eigenvalue weighted by molar-refractivity contribution is -0.128. The second-order valence-corrected chi connectivity index (χ2v) is 4.35. The highest BCUT2D eigenvalue weighted by Gasteiger charge is 2.05. The normalized spacial score (nSPS) is 10.3. The van der Waals surface area contributed by atoms with Gasteiger partial charge in [-0.25, -0.2) is 4.98 Å². The molecule has 0 atom stereocenters. The largest absolute Gasteiger partial charge is 0.475 e. The van der Waals surface area contributed by atoms with Gasteiger partial charge in [-0.2, -0.15) is 4.98 Å². The summed E-state index contributed by atoms with van der Waals surface area (Å²) >= 11 is 0. The minimum absolute atomic E-state index is 0.0667. The summed E-state index contributed by atoms with van der Waals surface area (Å²) in [6.45, 7) is 4.37. The lowest BCUT2D eigenvalue weighted by atomic mass is 10.4. The van der Waals surface area contributed by atoms with E-state index in [9.17, 15) is 4.79 Å². The van der Waals surface area contributed by atoms with Gasteiger partial charge in [0.1, 0.15) is 0 Å². The maximum Gasteiger partial charge on any atom is 0.225 e. The van der Waals surface area contributed by atoms with Gasteiger partial charge >= 0.3 is 0 Å². The first-order valence-corrected chi connectivity index (χ1v) is 5.92. The maximum atomic E-state index is 11.4. The van der Waals surface area contributed by atoms with Gasteiger partial charge in [0.15, 0.2) is 0 Å². The van der Waals surface area contributed by atoms with Gasteiger partial charge in [0.25, 0.3) is 0 Å². The third kappa shape index (κ3) is 4.99. The molecule has 6 heteroatoms. The summed E-state index contributed by atoms with van der Waals surface area (Å²) in [6, 6.07) is 1.70. The quantitative estimate of drug-likeness (QED) is 0.822. The Morgan fingerprint density at radius 2 is 2.22 bits per heavy atom. The molecular weight excluding hydrogens is 232 g/mol. The molecule has 1 amide bonds. The fourth-order valence-electron chi connectivity index (χ4n) is 1.24. The van der Waals surface area contributed by atoms with Crippen LogP contribution in [-0.2, 0) is 4.79 Å². The number of hydrogen-bond donors (Lipinski definition) is 1. The lowest BCUT2D eigenvalue weighted by Gasteiger charge is -2.11.